The second-order valence-corrected chi connectivity index (χ2v) is 6.55. The first kappa shape index (κ1) is 17.9. The number of methoxy groups -OCH3 is 2. The van der Waals surface area contributed by atoms with Crippen LogP contribution in [0.2, 0.25) is 5.02 Å². The van der Waals surface area contributed by atoms with E-state index in [0.717, 1.165) is 41.3 Å². The van der Waals surface area contributed by atoms with Gasteiger partial charge >= 0.3 is 0 Å². The van der Waals surface area contributed by atoms with E-state index < -0.39 is 0 Å². The minimum atomic E-state index is 0.00112. The van der Waals surface area contributed by atoms with E-state index in [2.05, 4.69) is 17.4 Å². The van der Waals surface area contributed by atoms with Crippen molar-refractivity contribution < 1.29 is 14.2 Å². The Morgan fingerprint density at radius 1 is 1.08 bits per heavy atom. The summed E-state index contributed by atoms with van der Waals surface area (Å²) in [5, 5.41) is 4.30. The lowest BCUT2D eigenvalue weighted by atomic mass is 9.88. The van der Waals surface area contributed by atoms with E-state index in [1.807, 2.05) is 26.0 Å². The van der Waals surface area contributed by atoms with E-state index in [1.165, 1.54) is 11.1 Å². The molecule has 0 bridgehead atoms. The molecule has 0 fully saturated rings. The van der Waals surface area contributed by atoms with Crippen molar-refractivity contribution in [3.63, 3.8) is 0 Å². The summed E-state index contributed by atoms with van der Waals surface area (Å²) in [5.74, 6) is 2.40. The van der Waals surface area contributed by atoms with Gasteiger partial charge in [0.25, 0.3) is 0 Å². The van der Waals surface area contributed by atoms with Crippen LogP contribution in [-0.4, -0.2) is 27.4 Å². The molecular weight excluding hydrogens is 338 g/mol. The number of hydrogen-bond donors (Lipinski definition) is 1. The zero-order valence-corrected chi connectivity index (χ0v) is 15.9. The molecule has 1 N–H and O–H groups in total. The van der Waals surface area contributed by atoms with Crippen LogP contribution >= 0.6 is 11.6 Å². The number of halogens is 1. The molecule has 2 aromatic rings. The first-order valence-corrected chi connectivity index (χ1v) is 8.87. The number of ether oxygens (including phenoxy) is 3. The average molecular weight is 362 g/mol. The lowest BCUT2D eigenvalue weighted by Gasteiger charge is -2.30. The Morgan fingerprint density at radius 3 is 2.56 bits per heavy atom. The fourth-order valence-electron chi connectivity index (χ4n) is 3.52. The van der Waals surface area contributed by atoms with Gasteiger partial charge < -0.3 is 19.5 Å². The van der Waals surface area contributed by atoms with Crippen molar-refractivity contribution in [3.05, 3.63) is 51.5 Å². The molecule has 0 aromatic heterocycles. The Kier molecular flexibility index (Phi) is 5.40. The first-order chi connectivity index (χ1) is 12.1. The maximum Gasteiger partial charge on any atom is 0.161 e. The van der Waals surface area contributed by atoms with Crippen molar-refractivity contribution in [2.45, 2.75) is 26.3 Å². The summed E-state index contributed by atoms with van der Waals surface area (Å²) in [4.78, 5) is 0. The van der Waals surface area contributed by atoms with Crippen molar-refractivity contribution in [2.75, 3.05) is 27.4 Å². The fraction of sp³-hybridized carbons (Fsp3) is 0.400. The maximum absolute atomic E-state index is 6.33. The Labute approximate surface area is 154 Å². The highest BCUT2D eigenvalue weighted by Gasteiger charge is 2.27. The largest absolute Gasteiger partial charge is 0.496 e. The number of hydrogen-bond acceptors (Lipinski definition) is 4. The van der Waals surface area contributed by atoms with Crippen LogP contribution in [0, 0.1) is 6.92 Å². The molecule has 0 radical (unpaired) electrons. The molecule has 0 saturated heterocycles. The van der Waals surface area contributed by atoms with Crippen molar-refractivity contribution in [3.8, 4) is 17.2 Å². The zero-order chi connectivity index (χ0) is 18.0. The second kappa shape index (κ2) is 7.54. The lowest BCUT2D eigenvalue weighted by molar-refractivity contribution is 0.309. The van der Waals surface area contributed by atoms with Crippen LogP contribution in [0.3, 0.4) is 0 Å². The van der Waals surface area contributed by atoms with Gasteiger partial charge in [0.15, 0.2) is 11.5 Å². The predicted molar refractivity (Wildman–Crippen MR) is 100 cm³/mol. The van der Waals surface area contributed by atoms with Crippen LogP contribution in [0.25, 0.3) is 0 Å². The predicted octanol–water partition coefficient (Wildman–Crippen LogP) is 4.30. The smallest absolute Gasteiger partial charge is 0.161 e. The molecule has 0 amide bonds. The van der Waals surface area contributed by atoms with E-state index >= 15 is 0 Å². The van der Waals surface area contributed by atoms with Gasteiger partial charge in [0.1, 0.15) is 5.75 Å². The number of aryl methyl sites for hydroxylation is 1. The summed E-state index contributed by atoms with van der Waals surface area (Å²) in [6.45, 7) is 5.45. The zero-order valence-electron chi connectivity index (χ0n) is 15.1. The number of rotatable bonds is 5. The van der Waals surface area contributed by atoms with Crippen molar-refractivity contribution in [1.29, 1.82) is 0 Å². The Hall–Kier alpha value is -1.91. The van der Waals surface area contributed by atoms with Gasteiger partial charge in [0, 0.05) is 17.1 Å². The topological polar surface area (TPSA) is 39.7 Å². The van der Waals surface area contributed by atoms with Crippen LogP contribution in [0.1, 0.15) is 35.2 Å². The Bertz CT molecular complexity index is 776. The van der Waals surface area contributed by atoms with E-state index in [-0.39, 0.29) is 6.04 Å². The molecule has 1 unspecified atom stereocenters. The molecule has 25 heavy (non-hydrogen) atoms. The number of fused-ring (bicyclic) bond motifs is 1. The molecule has 0 saturated carbocycles. The van der Waals surface area contributed by atoms with Crippen LogP contribution in [0.4, 0.5) is 0 Å². The number of benzene rings is 2. The van der Waals surface area contributed by atoms with Gasteiger partial charge in [-0.05, 0) is 61.2 Å². The summed E-state index contributed by atoms with van der Waals surface area (Å²) in [5.41, 5.74) is 4.50. The fourth-order valence-corrected chi connectivity index (χ4v) is 3.80. The third-order valence-corrected chi connectivity index (χ3v) is 4.78. The molecule has 0 aliphatic carbocycles. The quantitative estimate of drug-likeness (QED) is 0.861. The summed E-state index contributed by atoms with van der Waals surface area (Å²) >= 11 is 6.33. The van der Waals surface area contributed by atoms with Gasteiger partial charge in [-0.2, -0.15) is 0 Å². The van der Waals surface area contributed by atoms with Gasteiger partial charge in [0.2, 0.25) is 0 Å². The molecule has 4 nitrogen and oxygen atoms in total. The molecule has 3 rings (SSSR count). The minimum absolute atomic E-state index is 0.00112. The molecule has 1 atom stereocenters. The standard InChI is InChI=1S/C20H24ClNO3/c1-5-25-18-11-15-13(9-17(18)23-3)6-7-22-19(15)16-10-14(21)8-12(2)20(16)24-4/h8-11,19,22H,5-7H2,1-4H3. The summed E-state index contributed by atoms with van der Waals surface area (Å²) in [7, 11) is 3.37. The van der Waals surface area contributed by atoms with E-state index in [1.54, 1.807) is 14.2 Å². The monoisotopic (exact) mass is 361 g/mol. The molecule has 0 spiro atoms. The molecule has 1 heterocycles. The van der Waals surface area contributed by atoms with E-state index in [0.29, 0.717) is 11.6 Å². The van der Waals surface area contributed by atoms with Crippen LogP contribution < -0.4 is 19.5 Å². The van der Waals surface area contributed by atoms with Gasteiger partial charge in [-0.1, -0.05) is 11.6 Å². The van der Waals surface area contributed by atoms with E-state index in [9.17, 15) is 0 Å². The van der Waals surface area contributed by atoms with Crippen LogP contribution in [0.5, 0.6) is 17.2 Å². The minimum Gasteiger partial charge on any atom is -0.496 e. The highest BCUT2D eigenvalue weighted by molar-refractivity contribution is 6.30. The lowest BCUT2D eigenvalue weighted by Crippen LogP contribution is -2.31. The first-order valence-electron chi connectivity index (χ1n) is 8.50. The highest BCUT2D eigenvalue weighted by atomic mass is 35.5. The second-order valence-electron chi connectivity index (χ2n) is 6.12. The Balaban J connectivity index is 2.15. The number of nitrogens with one attached hydrogen (secondary N) is 1. The van der Waals surface area contributed by atoms with E-state index in [4.69, 9.17) is 25.8 Å². The highest BCUT2D eigenvalue weighted by Crippen LogP contribution is 2.41. The normalized spacial score (nSPS) is 16.3. The van der Waals surface area contributed by atoms with Gasteiger partial charge in [0.05, 0.1) is 26.9 Å². The van der Waals surface area contributed by atoms with Gasteiger partial charge in [-0.15, -0.1) is 0 Å². The SMILES string of the molecule is CCOc1cc2c(cc1OC)CCNC2c1cc(Cl)cc(C)c1OC. The van der Waals surface area contributed by atoms with Crippen molar-refractivity contribution in [1.82, 2.24) is 5.32 Å². The van der Waals surface area contributed by atoms with Crippen LogP contribution in [0.15, 0.2) is 24.3 Å². The maximum atomic E-state index is 6.33. The average Bonchev–Trinajstić information content (AvgIpc) is 2.60. The molecule has 134 valence electrons. The van der Waals surface area contributed by atoms with Gasteiger partial charge in [-0.25, -0.2) is 0 Å². The molecular formula is C20H24ClNO3. The molecule has 2 aromatic carbocycles. The van der Waals surface area contributed by atoms with Crippen LogP contribution in [-0.2, 0) is 6.42 Å². The third kappa shape index (κ3) is 3.42. The molecule has 1 aliphatic rings. The van der Waals surface area contributed by atoms with Crippen molar-refractivity contribution in [2.24, 2.45) is 0 Å². The summed E-state index contributed by atoms with van der Waals surface area (Å²) in [6, 6.07) is 8.06. The Morgan fingerprint density at radius 2 is 1.88 bits per heavy atom. The van der Waals surface area contributed by atoms with Crippen molar-refractivity contribution >= 4 is 11.6 Å². The summed E-state index contributed by atoms with van der Waals surface area (Å²) < 4.78 is 16.9. The molecule has 5 heteroatoms. The third-order valence-electron chi connectivity index (χ3n) is 4.56. The molecule has 1 aliphatic heterocycles. The summed E-state index contributed by atoms with van der Waals surface area (Å²) in [6.07, 6.45) is 0.941. The van der Waals surface area contributed by atoms with Gasteiger partial charge in [-0.3, -0.25) is 0 Å².